The van der Waals surface area contributed by atoms with Gasteiger partial charge in [-0.15, -0.1) is 0 Å². The van der Waals surface area contributed by atoms with Crippen LogP contribution < -0.4 is 37.9 Å². The van der Waals surface area contributed by atoms with Gasteiger partial charge in [-0.3, -0.25) is 46.8 Å². The molecule has 0 fully saturated rings. The molecule has 23 nitrogen and oxygen atoms in total. The Bertz CT molecular complexity index is 5270. The SMILES string of the molecule is CC(C)P(=O)(N[C@H](C)C(=O)OCC(C)(C)C)Oc1cccc2ccccc12.CCOC(=O)[C@@H](C)NP(=O)(Oc1ccccc1)C(C)(C)C.CCOC(=O)[C@H](C)NP(=O)(Oc1ccccc1)C(C)C.C[C@@H](CP(=O)(Oc1cccc2ccccc12)C(C)(C)C)C(=O)OCc1ccccc1.C[C@H](CP(=O)(Oc1cccc2ccccc12)C(C)(C)C)C(=O)OCc1ccccc1. The third-order valence-corrected chi connectivity index (χ3v) is 35.1. The van der Waals surface area contributed by atoms with Crippen LogP contribution in [0.4, 0.5) is 0 Å². The van der Waals surface area contributed by atoms with Gasteiger partial charge >= 0.3 is 52.4 Å². The molecule has 3 N–H and O–H groups in total. The molecule has 28 heteroatoms. The second-order valence-corrected chi connectivity index (χ2v) is 50.6. The van der Waals surface area contributed by atoms with E-state index in [0.29, 0.717) is 35.4 Å². The van der Waals surface area contributed by atoms with Gasteiger partial charge in [0.05, 0.1) is 48.1 Å². The summed E-state index contributed by atoms with van der Waals surface area (Å²) in [5.41, 5.74) is 1.14. The summed E-state index contributed by atoms with van der Waals surface area (Å²) in [6.45, 7) is 43.0. The summed E-state index contributed by atoms with van der Waals surface area (Å²) in [4.78, 5) is 60.8. The van der Waals surface area contributed by atoms with Crippen molar-refractivity contribution in [3.8, 4) is 28.7 Å². The number of benzene rings is 10. The second-order valence-electron chi connectivity index (χ2n) is 35.9. The Morgan fingerprint density at radius 2 is 0.594 bits per heavy atom. The maximum atomic E-state index is 14.0. The van der Waals surface area contributed by atoms with Crippen LogP contribution >= 0.6 is 37.3 Å². The summed E-state index contributed by atoms with van der Waals surface area (Å²) in [6.07, 6.45) is 0.237. The van der Waals surface area contributed by atoms with E-state index < -0.39 is 101 Å². The minimum absolute atomic E-state index is 0.118. The standard InChI is InChI=1S/2C25H29O4P.C21H30NO4P.C15H24NO4P.C14H22NO4P/c2*1-19(24(26)28-17-20-11-6-5-7-12-20)18-30(27,25(2,3)4)29-23-16-10-14-21-13-8-9-15-22(21)23;1-15(2)27(24,22-16(3)20(23)25-14-21(4,5)6)26-19-13-9-11-17-10-7-8-12-18(17)19;1-6-19-14(17)12(2)16-21(18,15(3,4)5)20-13-10-8-7-9-11-13;1-5-18-14(16)12(4)15-20(17,11(2)3)19-13-9-7-6-8-10-13/h2*5-16,19H,17-18H2,1-4H3;7-13,15-16H,14H2,1-6H3,(H,22,24);7-12H,6H2,1-5H3,(H,16,18);6-12H,5H2,1-4H3,(H,15,17)/t2*19-,30?;16-,27?;12-,21?;12-,20?/m10110/s1. The molecule has 0 aliphatic carbocycles. The Labute approximate surface area is 758 Å². The molecule has 10 atom stereocenters. The van der Waals surface area contributed by atoms with Gasteiger partial charge in [-0.25, -0.2) is 15.3 Å². The number of carbonyl (C=O) groups excluding carboxylic acids is 5. The maximum Gasteiger partial charge on any atom is 0.323 e. The zero-order chi connectivity index (χ0) is 95.1. The highest BCUT2D eigenvalue weighted by Crippen LogP contribution is 2.62. The van der Waals surface area contributed by atoms with E-state index in [1.165, 1.54) is 0 Å². The molecule has 0 spiro atoms. The van der Waals surface area contributed by atoms with Crippen LogP contribution in [0.25, 0.3) is 32.3 Å². The van der Waals surface area contributed by atoms with E-state index in [1.54, 1.807) is 117 Å². The average Bonchev–Trinajstić information content (AvgIpc) is 0.797. The molecule has 0 aromatic heterocycles. The molecule has 10 rings (SSSR count). The first-order chi connectivity index (χ1) is 60.0. The molecule has 0 aliphatic rings. The lowest BCUT2D eigenvalue weighted by molar-refractivity contribution is -0.149. The van der Waals surface area contributed by atoms with Crippen molar-refractivity contribution in [2.75, 3.05) is 32.1 Å². The number of carbonyl (C=O) groups is 5. The fourth-order valence-corrected chi connectivity index (χ4v) is 21.4. The summed E-state index contributed by atoms with van der Waals surface area (Å²) in [5, 5.41) is 12.3. The molecule has 0 saturated heterocycles. The molecule has 10 aromatic carbocycles. The first-order valence-electron chi connectivity index (χ1n) is 43.2. The fraction of sp³-hybridized carbons (Fsp3) is 0.410. The fourth-order valence-electron chi connectivity index (χ4n) is 11.9. The minimum atomic E-state index is -3.34. The molecule has 0 bridgehead atoms. The molecule has 0 aliphatic heterocycles. The van der Waals surface area contributed by atoms with E-state index >= 15 is 0 Å². The van der Waals surface area contributed by atoms with Crippen molar-refractivity contribution in [1.82, 2.24) is 15.3 Å². The Balaban J connectivity index is 0.000000249. The highest BCUT2D eigenvalue weighted by atomic mass is 31.2. The van der Waals surface area contributed by atoms with Gasteiger partial charge in [0.15, 0.2) is 0 Å². The number of nitrogens with one attached hydrogen (secondary N) is 3. The highest BCUT2D eigenvalue weighted by Gasteiger charge is 2.46. The van der Waals surface area contributed by atoms with Crippen LogP contribution in [-0.4, -0.2) is 107 Å². The molecule has 128 heavy (non-hydrogen) atoms. The van der Waals surface area contributed by atoms with Crippen LogP contribution in [-0.2, 0) is 83.7 Å². The van der Waals surface area contributed by atoms with Gasteiger partial charge in [-0.2, -0.15) is 0 Å². The van der Waals surface area contributed by atoms with Crippen LogP contribution in [0, 0.1) is 17.3 Å². The lowest BCUT2D eigenvalue weighted by Crippen LogP contribution is -2.39. The molecule has 694 valence electrons. The van der Waals surface area contributed by atoms with E-state index in [-0.39, 0.29) is 67.4 Å². The van der Waals surface area contributed by atoms with Crippen LogP contribution in [0.15, 0.2) is 249 Å². The first kappa shape index (κ1) is 107. The lowest BCUT2D eigenvalue weighted by atomic mass is 9.99. The Hall–Kier alpha value is -9.64. The summed E-state index contributed by atoms with van der Waals surface area (Å²) >= 11 is 0. The molecule has 5 unspecified atom stereocenters. The number of esters is 5. The Morgan fingerprint density at radius 3 is 0.914 bits per heavy atom. The Morgan fingerprint density at radius 1 is 0.305 bits per heavy atom. The summed E-state index contributed by atoms with van der Waals surface area (Å²) < 4.78 is 123. The van der Waals surface area contributed by atoms with Gasteiger partial charge < -0.3 is 46.3 Å². The topological polar surface area (TPSA) is 299 Å². The third kappa shape index (κ3) is 33.1. The van der Waals surface area contributed by atoms with Crippen molar-refractivity contribution in [2.45, 2.75) is 217 Å². The van der Waals surface area contributed by atoms with Crippen molar-refractivity contribution >= 4 is 99.5 Å². The minimum Gasteiger partial charge on any atom is -0.465 e. The van der Waals surface area contributed by atoms with Gasteiger partial charge in [0.2, 0.25) is 0 Å². The van der Waals surface area contributed by atoms with Crippen molar-refractivity contribution < 1.29 is 93.1 Å². The molecule has 0 heterocycles. The lowest BCUT2D eigenvalue weighted by Gasteiger charge is -2.33. The average molecular weight is 1850 g/mol. The molecule has 0 radical (unpaired) electrons. The second kappa shape index (κ2) is 48.8. The van der Waals surface area contributed by atoms with E-state index in [2.05, 4.69) is 15.3 Å². The molecular weight excluding hydrogens is 1720 g/mol. The van der Waals surface area contributed by atoms with Crippen molar-refractivity contribution in [2.24, 2.45) is 17.3 Å². The zero-order valence-corrected chi connectivity index (χ0v) is 83.0. The van der Waals surface area contributed by atoms with E-state index in [0.717, 1.165) is 43.4 Å². The van der Waals surface area contributed by atoms with Crippen LogP contribution in [0.5, 0.6) is 28.7 Å². The highest BCUT2D eigenvalue weighted by molar-refractivity contribution is 7.61. The first-order valence-corrected chi connectivity index (χ1v) is 51.9. The number of hydrogen-bond donors (Lipinski definition) is 3. The number of rotatable bonds is 34. The van der Waals surface area contributed by atoms with Gasteiger partial charge in [-0.05, 0) is 131 Å². The number of para-hydroxylation sites is 2. The summed E-state index contributed by atoms with van der Waals surface area (Å²) in [5.74, 6) is -0.457. The smallest absolute Gasteiger partial charge is 0.323 e. The summed E-state index contributed by atoms with van der Waals surface area (Å²) in [6, 6.07) is 75.2. The number of ether oxygens (including phenoxy) is 5. The van der Waals surface area contributed by atoms with Gasteiger partial charge in [0, 0.05) is 38.8 Å². The summed E-state index contributed by atoms with van der Waals surface area (Å²) in [7, 11) is -16.3. The predicted octanol–water partition coefficient (Wildman–Crippen LogP) is 25.5. The number of hydrogen-bond acceptors (Lipinski definition) is 20. The third-order valence-electron chi connectivity index (χ3n) is 19.9. The molecule has 10 aromatic rings. The van der Waals surface area contributed by atoms with Crippen LogP contribution in [0.2, 0.25) is 0 Å². The normalized spacial score (nSPS) is 15.1. The maximum absolute atomic E-state index is 14.0. The zero-order valence-electron chi connectivity index (χ0n) is 78.6. The Kier molecular flexibility index (Phi) is 40.9. The largest absolute Gasteiger partial charge is 0.465 e. The van der Waals surface area contributed by atoms with Crippen molar-refractivity contribution in [3.05, 3.63) is 260 Å². The monoisotopic (exact) mass is 1850 g/mol. The number of fused-ring (bicyclic) bond motifs is 3. The molecule has 0 amide bonds. The van der Waals surface area contributed by atoms with Gasteiger partial charge in [0.25, 0.3) is 14.7 Å². The van der Waals surface area contributed by atoms with Crippen molar-refractivity contribution in [3.63, 3.8) is 0 Å². The quantitative estimate of drug-likeness (QED) is 0.0192. The van der Waals surface area contributed by atoms with Crippen LogP contribution in [0.1, 0.15) is 170 Å². The van der Waals surface area contributed by atoms with E-state index in [4.69, 9.17) is 46.3 Å². The van der Waals surface area contributed by atoms with Gasteiger partial charge in [0.1, 0.15) is 60.1 Å². The predicted molar refractivity (Wildman–Crippen MR) is 517 cm³/mol. The molecular formula is C100H134N3O20P5. The van der Waals surface area contributed by atoms with E-state index in [1.807, 2.05) is 291 Å². The van der Waals surface area contributed by atoms with Crippen LogP contribution in [0.3, 0.4) is 0 Å². The van der Waals surface area contributed by atoms with E-state index in [9.17, 15) is 46.8 Å². The van der Waals surface area contributed by atoms with Crippen molar-refractivity contribution in [1.29, 1.82) is 0 Å². The molecule has 0 saturated carbocycles. The van der Waals surface area contributed by atoms with Gasteiger partial charge in [-0.1, -0.05) is 310 Å².